The lowest BCUT2D eigenvalue weighted by Crippen LogP contribution is -2.26. The molecule has 0 aliphatic carbocycles. The van der Waals surface area contributed by atoms with E-state index in [1.807, 2.05) is 31.2 Å². The molecule has 0 fully saturated rings. The Kier molecular flexibility index (Phi) is 4.56. The Morgan fingerprint density at radius 1 is 1.11 bits per heavy atom. The molecule has 1 unspecified atom stereocenters. The highest BCUT2D eigenvalue weighted by Gasteiger charge is 2.10. The zero-order chi connectivity index (χ0) is 13.8. The van der Waals surface area contributed by atoms with Crippen LogP contribution in [0.25, 0.3) is 0 Å². The summed E-state index contributed by atoms with van der Waals surface area (Å²) >= 11 is 6.18. The van der Waals surface area contributed by atoms with E-state index in [1.54, 1.807) is 12.1 Å². The minimum atomic E-state index is -0.201. The largest absolute Gasteiger partial charge is 0.327 e. The first kappa shape index (κ1) is 14.0. The molecular formula is C16H17ClFN. The number of hydrogen-bond donors (Lipinski definition) is 1. The van der Waals surface area contributed by atoms with Gasteiger partial charge in [0.2, 0.25) is 0 Å². The summed E-state index contributed by atoms with van der Waals surface area (Å²) in [6, 6.07) is 12.5. The maximum Gasteiger partial charge on any atom is 0.126 e. The lowest BCUT2D eigenvalue weighted by molar-refractivity contribution is 0.584. The van der Waals surface area contributed by atoms with Gasteiger partial charge in [0.1, 0.15) is 5.82 Å². The fourth-order valence-corrected chi connectivity index (χ4v) is 2.43. The monoisotopic (exact) mass is 277 g/mol. The molecule has 0 aromatic heterocycles. The first-order valence-electron chi connectivity index (χ1n) is 6.30. The van der Waals surface area contributed by atoms with Gasteiger partial charge >= 0.3 is 0 Å². The van der Waals surface area contributed by atoms with Crippen molar-refractivity contribution in [3.8, 4) is 0 Å². The molecule has 0 spiro atoms. The Hall–Kier alpha value is -1.38. The normalized spacial score (nSPS) is 12.4. The third-order valence-corrected chi connectivity index (χ3v) is 3.48. The average molecular weight is 278 g/mol. The molecule has 2 aromatic rings. The van der Waals surface area contributed by atoms with Crippen LogP contribution >= 0.6 is 11.6 Å². The standard InChI is InChI=1S/C16H17ClFN/c1-11-6-7-12(15(17)8-11)9-14(19)10-13-4-2-3-5-16(13)18/h2-8,14H,9-10,19H2,1H3. The molecule has 0 heterocycles. The Balaban J connectivity index is 2.05. The highest BCUT2D eigenvalue weighted by Crippen LogP contribution is 2.20. The summed E-state index contributed by atoms with van der Waals surface area (Å²) in [4.78, 5) is 0. The van der Waals surface area contributed by atoms with Gasteiger partial charge in [0.15, 0.2) is 0 Å². The number of aryl methyl sites for hydroxylation is 1. The second kappa shape index (κ2) is 6.18. The Morgan fingerprint density at radius 2 is 1.79 bits per heavy atom. The topological polar surface area (TPSA) is 26.0 Å². The molecule has 2 rings (SSSR count). The van der Waals surface area contributed by atoms with Gasteiger partial charge in [-0.2, -0.15) is 0 Å². The van der Waals surface area contributed by atoms with Gasteiger partial charge in [-0.25, -0.2) is 4.39 Å². The third kappa shape index (κ3) is 3.79. The lowest BCUT2D eigenvalue weighted by Gasteiger charge is -2.13. The predicted octanol–water partition coefficient (Wildman–Crippen LogP) is 3.90. The van der Waals surface area contributed by atoms with Gasteiger partial charge in [-0.15, -0.1) is 0 Å². The molecule has 0 aliphatic heterocycles. The van der Waals surface area contributed by atoms with E-state index < -0.39 is 0 Å². The van der Waals surface area contributed by atoms with Gasteiger partial charge in [-0.3, -0.25) is 0 Å². The minimum Gasteiger partial charge on any atom is -0.327 e. The number of rotatable bonds is 4. The van der Waals surface area contributed by atoms with Crippen molar-refractivity contribution < 1.29 is 4.39 Å². The third-order valence-electron chi connectivity index (χ3n) is 3.13. The number of halogens is 2. The van der Waals surface area contributed by atoms with Crippen molar-refractivity contribution in [1.29, 1.82) is 0 Å². The number of nitrogens with two attached hydrogens (primary N) is 1. The van der Waals surface area contributed by atoms with E-state index in [0.29, 0.717) is 18.4 Å². The molecule has 2 aromatic carbocycles. The number of benzene rings is 2. The Morgan fingerprint density at radius 3 is 2.47 bits per heavy atom. The smallest absolute Gasteiger partial charge is 0.126 e. The van der Waals surface area contributed by atoms with E-state index in [4.69, 9.17) is 17.3 Å². The van der Waals surface area contributed by atoms with Crippen LogP contribution in [0.3, 0.4) is 0 Å². The minimum absolute atomic E-state index is 0.142. The van der Waals surface area contributed by atoms with Gasteiger partial charge in [-0.05, 0) is 48.6 Å². The molecule has 3 heteroatoms. The van der Waals surface area contributed by atoms with Gasteiger partial charge in [0.25, 0.3) is 0 Å². The quantitative estimate of drug-likeness (QED) is 0.901. The van der Waals surface area contributed by atoms with Crippen LogP contribution in [0.1, 0.15) is 16.7 Å². The average Bonchev–Trinajstić information content (AvgIpc) is 2.36. The van der Waals surface area contributed by atoms with E-state index in [9.17, 15) is 4.39 Å². The molecule has 19 heavy (non-hydrogen) atoms. The van der Waals surface area contributed by atoms with Crippen LogP contribution in [-0.2, 0) is 12.8 Å². The van der Waals surface area contributed by atoms with Crippen LogP contribution < -0.4 is 5.73 Å². The van der Waals surface area contributed by atoms with Crippen LogP contribution in [-0.4, -0.2) is 6.04 Å². The van der Waals surface area contributed by atoms with Crippen molar-refractivity contribution >= 4 is 11.6 Å². The number of hydrogen-bond acceptors (Lipinski definition) is 1. The molecule has 0 saturated heterocycles. The predicted molar refractivity (Wildman–Crippen MR) is 78.0 cm³/mol. The molecule has 2 N–H and O–H groups in total. The van der Waals surface area contributed by atoms with Crippen molar-refractivity contribution in [2.45, 2.75) is 25.8 Å². The lowest BCUT2D eigenvalue weighted by atomic mass is 9.99. The van der Waals surface area contributed by atoms with Gasteiger partial charge in [-0.1, -0.05) is 41.9 Å². The second-order valence-electron chi connectivity index (χ2n) is 4.85. The van der Waals surface area contributed by atoms with Crippen LogP contribution in [0.4, 0.5) is 4.39 Å². The molecule has 1 atom stereocenters. The van der Waals surface area contributed by atoms with Crippen molar-refractivity contribution in [2.75, 3.05) is 0 Å². The molecule has 0 radical (unpaired) electrons. The summed E-state index contributed by atoms with van der Waals surface area (Å²) in [5, 5.41) is 0.726. The molecule has 0 aliphatic rings. The van der Waals surface area contributed by atoms with E-state index >= 15 is 0 Å². The van der Waals surface area contributed by atoms with Crippen LogP contribution in [0, 0.1) is 12.7 Å². The van der Waals surface area contributed by atoms with Crippen molar-refractivity contribution in [3.05, 3.63) is 70.0 Å². The highest BCUT2D eigenvalue weighted by atomic mass is 35.5. The molecule has 0 saturated carbocycles. The summed E-state index contributed by atoms with van der Waals surface area (Å²) in [5.41, 5.74) is 8.87. The van der Waals surface area contributed by atoms with Gasteiger partial charge in [0.05, 0.1) is 0 Å². The van der Waals surface area contributed by atoms with Crippen molar-refractivity contribution in [3.63, 3.8) is 0 Å². The van der Waals surface area contributed by atoms with E-state index in [2.05, 4.69) is 0 Å². The highest BCUT2D eigenvalue weighted by molar-refractivity contribution is 6.31. The van der Waals surface area contributed by atoms with Crippen LogP contribution in [0.2, 0.25) is 5.02 Å². The SMILES string of the molecule is Cc1ccc(CC(N)Cc2ccccc2F)c(Cl)c1. The Bertz CT molecular complexity index is 568. The van der Waals surface area contributed by atoms with Crippen LogP contribution in [0.5, 0.6) is 0 Å². The van der Waals surface area contributed by atoms with E-state index in [0.717, 1.165) is 16.1 Å². The molecule has 1 nitrogen and oxygen atoms in total. The maximum absolute atomic E-state index is 13.5. The molecular weight excluding hydrogens is 261 g/mol. The maximum atomic E-state index is 13.5. The van der Waals surface area contributed by atoms with Gasteiger partial charge < -0.3 is 5.73 Å². The fourth-order valence-electron chi connectivity index (χ4n) is 2.12. The van der Waals surface area contributed by atoms with Gasteiger partial charge in [0, 0.05) is 11.1 Å². The summed E-state index contributed by atoms with van der Waals surface area (Å²) < 4.78 is 13.5. The first-order valence-corrected chi connectivity index (χ1v) is 6.68. The fraction of sp³-hybridized carbons (Fsp3) is 0.250. The van der Waals surface area contributed by atoms with E-state index in [-0.39, 0.29) is 11.9 Å². The summed E-state index contributed by atoms with van der Waals surface area (Å²) in [6.45, 7) is 1.99. The molecule has 0 bridgehead atoms. The summed E-state index contributed by atoms with van der Waals surface area (Å²) in [5.74, 6) is -0.201. The zero-order valence-corrected chi connectivity index (χ0v) is 11.6. The van der Waals surface area contributed by atoms with Crippen molar-refractivity contribution in [2.24, 2.45) is 5.73 Å². The molecule has 100 valence electrons. The summed E-state index contributed by atoms with van der Waals surface area (Å²) in [7, 11) is 0. The Labute approximate surface area is 118 Å². The van der Waals surface area contributed by atoms with E-state index in [1.165, 1.54) is 6.07 Å². The van der Waals surface area contributed by atoms with Crippen molar-refractivity contribution in [1.82, 2.24) is 0 Å². The second-order valence-corrected chi connectivity index (χ2v) is 5.26. The first-order chi connectivity index (χ1) is 9.06. The summed E-state index contributed by atoms with van der Waals surface area (Å²) in [6.07, 6.45) is 1.16. The molecule has 0 amide bonds. The van der Waals surface area contributed by atoms with Crippen LogP contribution in [0.15, 0.2) is 42.5 Å². The zero-order valence-electron chi connectivity index (χ0n) is 10.9.